The minimum Gasteiger partial charge on any atom is -0.457 e. The first-order valence-corrected chi connectivity index (χ1v) is 7.52. The smallest absolute Gasteiger partial charge is 0.255 e. The summed E-state index contributed by atoms with van der Waals surface area (Å²) in [4.78, 5) is 12.1. The molecule has 0 atom stereocenters. The molecular weight excluding hydrogens is 305 g/mol. The average molecular weight is 321 g/mol. The zero-order chi connectivity index (χ0) is 16.9. The lowest BCUT2D eigenvalue weighted by Gasteiger charge is -2.08. The maximum Gasteiger partial charge on any atom is 0.255 e. The molecule has 0 fully saturated rings. The van der Waals surface area contributed by atoms with Crippen molar-refractivity contribution in [1.82, 2.24) is 0 Å². The van der Waals surface area contributed by atoms with Gasteiger partial charge in [0.05, 0.1) is 0 Å². The predicted molar refractivity (Wildman–Crippen MR) is 92.0 cm³/mol. The number of aryl methyl sites for hydroxylation is 1. The Bertz CT molecular complexity index is 842. The summed E-state index contributed by atoms with van der Waals surface area (Å²) in [6.07, 6.45) is 0. The van der Waals surface area contributed by atoms with Gasteiger partial charge in [-0.3, -0.25) is 4.79 Å². The fourth-order valence-electron chi connectivity index (χ4n) is 2.18. The molecule has 0 aliphatic heterocycles. The molecule has 1 N–H and O–H groups in total. The molecule has 24 heavy (non-hydrogen) atoms. The van der Waals surface area contributed by atoms with Crippen molar-refractivity contribution in [2.45, 2.75) is 6.92 Å². The van der Waals surface area contributed by atoms with Crippen LogP contribution in [0, 0.1) is 12.7 Å². The Morgan fingerprint density at radius 1 is 0.917 bits per heavy atom. The van der Waals surface area contributed by atoms with Crippen molar-refractivity contribution in [2.75, 3.05) is 5.32 Å². The number of amides is 1. The summed E-state index contributed by atoms with van der Waals surface area (Å²) in [5.74, 6) is 0.617. The number of hydrogen-bond acceptors (Lipinski definition) is 2. The normalized spacial score (nSPS) is 10.2. The van der Waals surface area contributed by atoms with Crippen molar-refractivity contribution >= 4 is 11.6 Å². The van der Waals surface area contributed by atoms with E-state index < -0.39 is 5.82 Å². The Hall–Kier alpha value is -3.14. The Morgan fingerprint density at radius 3 is 2.17 bits per heavy atom. The van der Waals surface area contributed by atoms with Crippen LogP contribution in [0.2, 0.25) is 0 Å². The van der Waals surface area contributed by atoms with Gasteiger partial charge in [-0.2, -0.15) is 0 Å². The molecule has 0 radical (unpaired) electrons. The number of rotatable bonds is 4. The van der Waals surface area contributed by atoms with Crippen molar-refractivity contribution in [1.29, 1.82) is 0 Å². The summed E-state index contributed by atoms with van der Waals surface area (Å²) in [6, 6.07) is 20.3. The van der Waals surface area contributed by atoms with Crippen LogP contribution >= 0.6 is 0 Å². The molecule has 0 saturated heterocycles. The van der Waals surface area contributed by atoms with E-state index in [9.17, 15) is 9.18 Å². The summed E-state index contributed by atoms with van der Waals surface area (Å²) >= 11 is 0. The lowest BCUT2D eigenvalue weighted by atomic mass is 10.2. The first-order valence-electron chi connectivity index (χ1n) is 7.52. The van der Waals surface area contributed by atoms with E-state index in [0.717, 1.165) is 11.3 Å². The van der Waals surface area contributed by atoms with Crippen molar-refractivity contribution in [3.63, 3.8) is 0 Å². The van der Waals surface area contributed by atoms with Gasteiger partial charge in [0.1, 0.15) is 17.3 Å². The zero-order valence-electron chi connectivity index (χ0n) is 13.1. The molecule has 3 aromatic rings. The second kappa shape index (κ2) is 6.96. The van der Waals surface area contributed by atoms with Gasteiger partial charge in [-0.15, -0.1) is 0 Å². The number of ether oxygens (including phenoxy) is 1. The van der Waals surface area contributed by atoms with Gasteiger partial charge >= 0.3 is 0 Å². The molecule has 0 bridgehead atoms. The third kappa shape index (κ3) is 3.98. The van der Waals surface area contributed by atoms with E-state index in [0.29, 0.717) is 11.4 Å². The molecule has 1 amide bonds. The highest BCUT2D eigenvalue weighted by molar-refractivity contribution is 6.04. The molecule has 0 aliphatic rings. The molecule has 4 heteroatoms. The van der Waals surface area contributed by atoms with Crippen LogP contribution in [0.25, 0.3) is 0 Å². The van der Waals surface area contributed by atoms with Crippen LogP contribution in [0.3, 0.4) is 0 Å². The van der Waals surface area contributed by atoms with Crippen LogP contribution in [0.5, 0.6) is 11.5 Å². The topological polar surface area (TPSA) is 38.3 Å². The van der Waals surface area contributed by atoms with Gasteiger partial charge in [0.25, 0.3) is 5.91 Å². The number of carbonyl (C=O) groups excluding carboxylic acids is 1. The Kier molecular flexibility index (Phi) is 4.57. The lowest BCUT2D eigenvalue weighted by Crippen LogP contribution is -2.11. The van der Waals surface area contributed by atoms with Crippen molar-refractivity contribution < 1.29 is 13.9 Å². The number of carbonyl (C=O) groups is 1. The molecule has 0 spiro atoms. The third-order valence-electron chi connectivity index (χ3n) is 3.46. The van der Waals surface area contributed by atoms with Crippen LogP contribution < -0.4 is 10.1 Å². The molecule has 0 aromatic heterocycles. The summed E-state index contributed by atoms with van der Waals surface area (Å²) in [5.41, 5.74) is 2.05. The number of benzene rings is 3. The number of hydrogen-bond donors (Lipinski definition) is 1. The highest BCUT2D eigenvalue weighted by Gasteiger charge is 2.07. The first-order chi connectivity index (χ1) is 11.6. The molecule has 3 aromatic carbocycles. The van der Waals surface area contributed by atoms with Crippen LogP contribution in [0.1, 0.15) is 15.9 Å². The average Bonchev–Trinajstić information content (AvgIpc) is 2.59. The third-order valence-corrected chi connectivity index (χ3v) is 3.46. The van der Waals surface area contributed by atoms with Gasteiger partial charge in [-0.1, -0.05) is 23.8 Å². The van der Waals surface area contributed by atoms with E-state index in [-0.39, 0.29) is 11.5 Å². The van der Waals surface area contributed by atoms with Crippen LogP contribution in [0.4, 0.5) is 10.1 Å². The van der Waals surface area contributed by atoms with E-state index >= 15 is 0 Å². The van der Waals surface area contributed by atoms with Gasteiger partial charge in [-0.05, 0) is 61.5 Å². The quantitative estimate of drug-likeness (QED) is 0.719. The molecule has 0 unspecified atom stereocenters. The molecule has 0 saturated carbocycles. The standard InChI is InChI=1S/C20H16FNO2/c1-14-5-9-18(10-6-14)24-19-11-7-17(8-12-19)22-20(23)15-3-2-4-16(21)13-15/h2-13H,1H3,(H,22,23). The fraction of sp³-hybridized carbons (Fsp3) is 0.0500. The second-order valence-electron chi connectivity index (χ2n) is 5.40. The molecule has 0 heterocycles. The zero-order valence-corrected chi connectivity index (χ0v) is 13.1. The number of nitrogens with one attached hydrogen (secondary N) is 1. The maximum atomic E-state index is 13.2. The summed E-state index contributed by atoms with van der Waals surface area (Å²) in [7, 11) is 0. The first kappa shape index (κ1) is 15.7. The second-order valence-corrected chi connectivity index (χ2v) is 5.40. The Morgan fingerprint density at radius 2 is 1.54 bits per heavy atom. The summed E-state index contributed by atoms with van der Waals surface area (Å²) in [6.45, 7) is 2.01. The van der Waals surface area contributed by atoms with E-state index in [4.69, 9.17) is 4.74 Å². The molecular formula is C20H16FNO2. The monoisotopic (exact) mass is 321 g/mol. The van der Waals surface area contributed by atoms with Crippen molar-refractivity contribution in [3.05, 3.63) is 89.7 Å². The minimum absolute atomic E-state index is 0.273. The maximum absolute atomic E-state index is 13.2. The summed E-state index contributed by atoms with van der Waals surface area (Å²) < 4.78 is 18.9. The van der Waals surface area contributed by atoms with Gasteiger partial charge < -0.3 is 10.1 Å². The van der Waals surface area contributed by atoms with Gasteiger partial charge in [0.15, 0.2) is 0 Å². The molecule has 120 valence electrons. The largest absolute Gasteiger partial charge is 0.457 e. The molecule has 3 nitrogen and oxygen atoms in total. The highest BCUT2D eigenvalue weighted by atomic mass is 19.1. The number of anilines is 1. The Labute approximate surface area is 139 Å². The van der Waals surface area contributed by atoms with Gasteiger partial charge in [0, 0.05) is 11.3 Å². The SMILES string of the molecule is Cc1ccc(Oc2ccc(NC(=O)c3cccc(F)c3)cc2)cc1. The van der Waals surface area contributed by atoms with Gasteiger partial charge in [0.2, 0.25) is 0 Å². The lowest BCUT2D eigenvalue weighted by molar-refractivity contribution is 0.102. The van der Waals surface area contributed by atoms with Crippen molar-refractivity contribution in [2.24, 2.45) is 0 Å². The van der Waals surface area contributed by atoms with E-state index in [1.807, 2.05) is 31.2 Å². The molecule has 0 aliphatic carbocycles. The van der Waals surface area contributed by atoms with Crippen LogP contribution in [0.15, 0.2) is 72.8 Å². The van der Waals surface area contributed by atoms with E-state index in [2.05, 4.69) is 5.32 Å². The summed E-state index contributed by atoms with van der Waals surface area (Å²) in [5, 5.41) is 2.72. The highest BCUT2D eigenvalue weighted by Crippen LogP contribution is 2.23. The minimum atomic E-state index is -0.440. The predicted octanol–water partition coefficient (Wildman–Crippen LogP) is 5.18. The van der Waals surface area contributed by atoms with Crippen LogP contribution in [-0.4, -0.2) is 5.91 Å². The van der Waals surface area contributed by atoms with E-state index in [1.165, 1.54) is 18.2 Å². The number of halogens is 1. The molecule has 3 rings (SSSR count). The van der Waals surface area contributed by atoms with E-state index in [1.54, 1.807) is 30.3 Å². The Balaban J connectivity index is 1.66. The van der Waals surface area contributed by atoms with Crippen LogP contribution in [-0.2, 0) is 0 Å². The van der Waals surface area contributed by atoms with Crippen molar-refractivity contribution in [3.8, 4) is 11.5 Å². The van der Waals surface area contributed by atoms with Gasteiger partial charge in [-0.25, -0.2) is 4.39 Å². The fourth-order valence-corrected chi connectivity index (χ4v) is 2.18.